The number of amides is 2. The van der Waals surface area contributed by atoms with Gasteiger partial charge in [-0.1, -0.05) is 73.7 Å². The van der Waals surface area contributed by atoms with E-state index in [9.17, 15) is 14.9 Å². The van der Waals surface area contributed by atoms with E-state index in [0.29, 0.717) is 17.2 Å². The molecule has 4 aromatic rings. The molecule has 1 aliphatic heterocycles. The van der Waals surface area contributed by atoms with Gasteiger partial charge in [-0.25, -0.2) is 9.46 Å². The molecule has 16 nitrogen and oxygen atoms in total. The molecule has 0 radical (unpaired) electrons. The number of nitriles is 1. The summed E-state index contributed by atoms with van der Waals surface area (Å²) in [5, 5.41) is 15.0. The molecule has 0 saturated carbocycles. The van der Waals surface area contributed by atoms with Crippen LogP contribution in [0.4, 0.5) is 4.79 Å². The molecule has 5 rings (SSSR count). The Morgan fingerprint density at radius 1 is 0.754 bits per heavy atom. The third-order valence-electron chi connectivity index (χ3n) is 11.5. The van der Waals surface area contributed by atoms with Gasteiger partial charge in [-0.3, -0.25) is 4.79 Å². The van der Waals surface area contributed by atoms with Gasteiger partial charge in [0.25, 0.3) is 8.53 Å². The van der Waals surface area contributed by atoms with Crippen molar-refractivity contribution >= 4 is 20.5 Å². The molecule has 1 aliphatic rings. The second kappa shape index (κ2) is 27.7. The molecule has 1 fully saturated rings. The molecule has 1 saturated heterocycles. The molecule has 374 valence electrons. The number of carbonyl (C=O) groups is 2. The monoisotopic (exact) mass is 972 g/mol. The zero-order valence-corrected chi connectivity index (χ0v) is 42.1. The highest BCUT2D eigenvalue weighted by atomic mass is 31.2. The van der Waals surface area contributed by atoms with Gasteiger partial charge in [0.05, 0.1) is 79.0 Å². The number of nitrogens with zero attached hydrogens (tertiary/aromatic N) is 2. The molecule has 17 heteroatoms. The predicted octanol–water partition coefficient (Wildman–Crippen LogP) is 8.51. The molecule has 6 unspecified atom stereocenters. The van der Waals surface area contributed by atoms with Crippen LogP contribution in [0.5, 0.6) is 17.2 Å². The van der Waals surface area contributed by atoms with Gasteiger partial charge in [-0.2, -0.15) is 5.26 Å². The maximum atomic E-state index is 13.2. The van der Waals surface area contributed by atoms with Gasteiger partial charge in [0.15, 0.2) is 6.29 Å². The Morgan fingerprint density at radius 3 is 1.93 bits per heavy atom. The zero-order chi connectivity index (χ0) is 49.8. The SMILES string of the molecule is COc1ccc(C(OCCOC2OC(COC(=O)NCc3cccc(OC)c3)C(OCCOP(OCCC#N)N(C(C)C)C(C)C)C(C)C2NC(C)=O)(c2ccccc2)c2ccc(OC)cc2)cc1. The maximum Gasteiger partial charge on any atom is 0.407 e. The van der Waals surface area contributed by atoms with Crippen LogP contribution in [0.15, 0.2) is 103 Å². The summed E-state index contributed by atoms with van der Waals surface area (Å²) in [6.45, 7) is 12.2. The Bertz CT molecular complexity index is 2140. The van der Waals surface area contributed by atoms with Gasteiger partial charge in [0.1, 0.15) is 35.6 Å². The quantitative estimate of drug-likeness (QED) is 0.0330. The van der Waals surface area contributed by atoms with Crippen molar-refractivity contribution in [3.63, 3.8) is 0 Å². The van der Waals surface area contributed by atoms with Crippen LogP contribution in [0.2, 0.25) is 0 Å². The second-order valence-electron chi connectivity index (χ2n) is 16.9. The highest BCUT2D eigenvalue weighted by Gasteiger charge is 2.46. The zero-order valence-electron chi connectivity index (χ0n) is 41.3. The molecule has 0 spiro atoms. The van der Waals surface area contributed by atoms with Crippen LogP contribution in [0.25, 0.3) is 0 Å². The van der Waals surface area contributed by atoms with E-state index in [1.54, 1.807) is 21.3 Å². The Kier molecular flexibility index (Phi) is 22.0. The van der Waals surface area contributed by atoms with Crippen LogP contribution < -0.4 is 24.8 Å². The fourth-order valence-electron chi connectivity index (χ4n) is 8.31. The topological polar surface area (TPSA) is 178 Å². The summed E-state index contributed by atoms with van der Waals surface area (Å²) in [4.78, 5) is 26.0. The molecule has 0 bridgehead atoms. The first-order valence-corrected chi connectivity index (χ1v) is 24.4. The van der Waals surface area contributed by atoms with E-state index in [1.807, 2.05) is 110 Å². The molecule has 2 N–H and O–H groups in total. The average Bonchev–Trinajstić information content (AvgIpc) is 3.35. The first kappa shape index (κ1) is 54.6. The minimum atomic E-state index is -1.52. The summed E-state index contributed by atoms with van der Waals surface area (Å²) in [5.74, 6) is 1.35. The van der Waals surface area contributed by atoms with Crippen LogP contribution in [0.3, 0.4) is 0 Å². The van der Waals surface area contributed by atoms with Crippen molar-refractivity contribution < 1.29 is 56.5 Å². The summed E-state index contributed by atoms with van der Waals surface area (Å²) in [7, 11) is 3.31. The molecule has 6 atom stereocenters. The summed E-state index contributed by atoms with van der Waals surface area (Å²) < 4.78 is 63.4. The van der Waals surface area contributed by atoms with Gasteiger partial charge in [-0.05, 0) is 86.3 Å². The van der Waals surface area contributed by atoms with Gasteiger partial charge in [-0.15, -0.1) is 0 Å². The number of rotatable bonds is 27. The van der Waals surface area contributed by atoms with E-state index in [-0.39, 0.29) is 70.6 Å². The van der Waals surface area contributed by atoms with E-state index in [0.717, 1.165) is 22.3 Å². The van der Waals surface area contributed by atoms with Gasteiger partial charge < -0.3 is 57.6 Å². The first-order chi connectivity index (χ1) is 33.3. The number of alkyl carbamates (subject to hydrolysis) is 1. The number of hydrogen-bond acceptors (Lipinski definition) is 14. The van der Waals surface area contributed by atoms with E-state index >= 15 is 0 Å². The largest absolute Gasteiger partial charge is 0.497 e. The van der Waals surface area contributed by atoms with Gasteiger partial charge >= 0.3 is 6.09 Å². The standard InChI is InChI=1S/C52H69N4O12P/c1-36(2)56(37(3)4)69(66-28-14-27-53)67-32-30-62-49-38(5)48(55-39(6)57)50(68-47(49)35-64-51(58)54-34-40-15-13-18-46(33-40)61-9)63-29-31-65-52(41-16-11-10-12-17-41,42-19-23-44(59-7)24-20-42)43-21-25-45(60-8)26-22-43/h10-13,15-26,33,36-38,47-50H,14,28-32,34-35H2,1-9H3,(H,54,58)(H,55,57). The number of hydrogen-bond donors (Lipinski definition) is 2. The smallest absolute Gasteiger partial charge is 0.407 e. The third kappa shape index (κ3) is 15.3. The lowest BCUT2D eigenvalue weighted by Gasteiger charge is -2.45. The lowest BCUT2D eigenvalue weighted by molar-refractivity contribution is -0.268. The van der Waals surface area contributed by atoms with Crippen molar-refractivity contribution in [2.75, 3.05) is 61.0 Å². The average molecular weight is 973 g/mol. The van der Waals surface area contributed by atoms with Crippen LogP contribution >= 0.6 is 8.53 Å². The normalized spacial score (nSPS) is 18.6. The van der Waals surface area contributed by atoms with Crippen LogP contribution in [-0.4, -0.2) is 114 Å². The molecule has 2 amide bonds. The molecule has 0 aliphatic carbocycles. The Hall–Kier alpha value is -5.34. The summed E-state index contributed by atoms with van der Waals surface area (Å²) >= 11 is 0. The lowest BCUT2D eigenvalue weighted by atomic mass is 9.80. The molecule has 4 aromatic carbocycles. The van der Waals surface area contributed by atoms with Crippen LogP contribution in [0, 0.1) is 17.2 Å². The van der Waals surface area contributed by atoms with Crippen molar-refractivity contribution in [2.45, 2.75) is 96.7 Å². The Morgan fingerprint density at radius 2 is 1.35 bits per heavy atom. The molecule has 1 heterocycles. The van der Waals surface area contributed by atoms with Gasteiger partial charge in [0.2, 0.25) is 5.91 Å². The van der Waals surface area contributed by atoms with Crippen LogP contribution in [0.1, 0.15) is 70.2 Å². The number of carbonyl (C=O) groups excluding carboxylic acids is 2. The molecule has 0 aromatic heterocycles. The number of nitrogens with one attached hydrogen (secondary N) is 2. The predicted molar refractivity (Wildman–Crippen MR) is 262 cm³/mol. The summed E-state index contributed by atoms with van der Waals surface area (Å²) in [6, 6.07) is 34.4. The third-order valence-corrected chi connectivity index (χ3v) is 13.6. The van der Waals surface area contributed by atoms with E-state index < -0.39 is 50.7 Å². The highest BCUT2D eigenvalue weighted by molar-refractivity contribution is 7.44. The number of ether oxygens (including phenoxy) is 8. The van der Waals surface area contributed by atoms with Crippen molar-refractivity contribution in [2.24, 2.45) is 5.92 Å². The maximum absolute atomic E-state index is 13.2. The number of benzene rings is 4. The highest BCUT2D eigenvalue weighted by Crippen LogP contribution is 2.46. The van der Waals surface area contributed by atoms with Crippen molar-refractivity contribution in [1.29, 1.82) is 5.26 Å². The van der Waals surface area contributed by atoms with E-state index in [1.165, 1.54) is 6.92 Å². The van der Waals surface area contributed by atoms with Gasteiger partial charge in [0, 0.05) is 31.5 Å². The fourth-order valence-corrected chi connectivity index (χ4v) is 9.88. The fraction of sp³-hybridized carbons (Fsp3) is 0.481. The molecular formula is C52H69N4O12P. The molecular weight excluding hydrogens is 904 g/mol. The van der Waals surface area contributed by atoms with Crippen LogP contribution in [-0.2, 0) is 49.7 Å². The lowest BCUT2D eigenvalue weighted by Crippen LogP contribution is -2.62. The minimum Gasteiger partial charge on any atom is -0.497 e. The second-order valence-corrected chi connectivity index (χ2v) is 18.3. The number of methoxy groups -OCH3 is 3. The Balaban J connectivity index is 1.38. The van der Waals surface area contributed by atoms with E-state index in [4.69, 9.17) is 46.9 Å². The molecule has 69 heavy (non-hydrogen) atoms. The minimum absolute atomic E-state index is 0.0415. The van der Waals surface area contributed by atoms with E-state index in [2.05, 4.69) is 49.1 Å². The first-order valence-electron chi connectivity index (χ1n) is 23.2. The summed E-state index contributed by atoms with van der Waals surface area (Å²) in [5.41, 5.74) is 2.31. The van der Waals surface area contributed by atoms with Crippen molar-refractivity contribution in [3.05, 3.63) is 125 Å². The van der Waals surface area contributed by atoms with Crippen molar-refractivity contribution in [3.8, 4) is 23.3 Å². The Labute approximate surface area is 408 Å². The summed E-state index contributed by atoms with van der Waals surface area (Å²) in [6.07, 6.45) is -2.97. The van der Waals surface area contributed by atoms with Crippen molar-refractivity contribution in [1.82, 2.24) is 15.3 Å².